The lowest BCUT2D eigenvalue weighted by Crippen LogP contribution is -2.40. The molecule has 3 aromatic rings. The number of benzene rings is 2. The summed E-state index contributed by atoms with van der Waals surface area (Å²) in [5, 5.41) is 3.33. The number of ether oxygens (including phenoxy) is 1. The maximum atomic E-state index is 12.7. The van der Waals surface area contributed by atoms with Crippen LogP contribution in [-0.2, 0) is 14.8 Å². The molecule has 0 bridgehead atoms. The predicted octanol–water partition coefficient (Wildman–Crippen LogP) is 3.74. The highest BCUT2D eigenvalue weighted by atomic mass is 32.2. The highest BCUT2D eigenvalue weighted by Gasteiger charge is 2.26. The van der Waals surface area contributed by atoms with Crippen molar-refractivity contribution in [3.63, 3.8) is 0 Å². The van der Waals surface area contributed by atoms with Gasteiger partial charge in [0.15, 0.2) is 0 Å². The zero-order valence-electron chi connectivity index (χ0n) is 17.4. The topological polar surface area (TPSA) is 71.5 Å². The van der Waals surface area contributed by atoms with Crippen molar-refractivity contribution in [2.75, 3.05) is 38.2 Å². The Labute approximate surface area is 183 Å². The summed E-state index contributed by atoms with van der Waals surface area (Å²) in [4.78, 5) is 4.55. The molecule has 31 heavy (non-hydrogen) atoms. The van der Waals surface area contributed by atoms with Crippen LogP contribution in [0.1, 0.15) is 23.5 Å². The molecule has 1 saturated heterocycles. The molecule has 1 aliphatic heterocycles. The minimum Gasteiger partial charge on any atom is -0.379 e. The van der Waals surface area contributed by atoms with Gasteiger partial charge < -0.3 is 10.1 Å². The smallest absolute Gasteiger partial charge is 0.244 e. The van der Waals surface area contributed by atoms with E-state index in [0.29, 0.717) is 32.1 Å². The van der Waals surface area contributed by atoms with Crippen LogP contribution < -0.4 is 5.32 Å². The molecular weight excluding hydrogens is 410 g/mol. The molecule has 0 spiro atoms. The molecule has 1 aliphatic rings. The number of hydrogen-bond acceptors (Lipinski definition) is 5. The van der Waals surface area contributed by atoms with Crippen molar-refractivity contribution < 1.29 is 13.2 Å². The molecule has 6 nitrogen and oxygen atoms in total. The van der Waals surface area contributed by atoms with Gasteiger partial charge >= 0.3 is 0 Å². The van der Waals surface area contributed by atoms with Crippen LogP contribution >= 0.6 is 0 Å². The first kappa shape index (κ1) is 21.5. The lowest BCUT2D eigenvalue weighted by molar-refractivity contribution is 0.0730. The summed E-state index contributed by atoms with van der Waals surface area (Å²) in [6, 6.07) is 24.3. The van der Waals surface area contributed by atoms with Gasteiger partial charge in [0, 0.05) is 31.7 Å². The molecule has 7 heteroatoms. The van der Waals surface area contributed by atoms with Crippen molar-refractivity contribution in [3.05, 3.63) is 90.1 Å². The number of rotatable bonds is 8. The van der Waals surface area contributed by atoms with E-state index in [2.05, 4.69) is 58.8 Å². The van der Waals surface area contributed by atoms with Gasteiger partial charge in [0.2, 0.25) is 10.0 Å². The zero-order valence-corrected chi connectivity index (χ0v) is 18.2. The average Bonchev–Trinajstić information content (AvgIpc) is 2.84. The minimum absolute atomic E-state index is 0.214. The lowest BCUT2D eigenvalue weighted by Gasteiger charge is -2.25. The van der Waals surface area contributed by atoms with Gasteiger partial charge in [0.05, 0.1) is 13.2 Å². The molecule has 1 fully saturated rings. The van der Waals surface area contributed by atoms with Crippen molar-refractivity contribution in [2.45, 2.75) is 17.2 Å². The van der Waals surface area contributed by atoms with Gasteiger partial charge in [-0.05, 0) is 29.7 Å². The number of pyridine rings is 1. The third kappa shape index (κ3) is 5.31. The Balaban J connectivity index is 1.40. The summed E-state index contributed by atoms with van der Waals surface area (Å²) in [6.45, 7) is 2.33. The largest absolute Gasteiger partial charge is 0.379 e. The average molecular weight is 438 g/mol. The van der Waals surface area contributed by atoms with E-state index in [1.807, 2.05) is 12.1 Å². The number of anilines is 1. The van der Waals surface area contributed by atoms with Crippen LogP contribution in [0.4, 0.5) is 5.82 Å². The minimum atomic E-state index is -3.52. The molecule has 1 aromatic heterocycles. The molecule has 0 saturated carbocycles. The maximum absolute atomic E-state index is 12.7. The second kappa shape index (κ2) is 10.0. The fourth-order valence-corrected chi connectivity index (χ4v) is 5.17. The Kier molecular flexibility index (Phi) is 6.96. The number of hydrogen-bond donors (Lipinski definition) is 1. The van der Waals surface area contributed by atoms with Gasteiger partial charge in [-0.2, -0.15) is 4.31 Å². The van der Waals surface area contributed by atoms with Gasteiger partial charge in [0.25, 0.3) is 0 Å². The number of sulfonamides is 1. The quantitative estimate of drug-likeness (QED) is 0.581. The van der Waals surface area contributed by atoms with Gasteiger partial charge in [0.1, 0.15) is 10.7 Å². The molecule has 0 aliphatic carbocycles. The number of morpholine rings is 1. The van der Waals surface area contributed by atoms with Crippen LogP contribution in [0.15, 0.2) is 83.9 Å². The van der Waals surface area contributed by atoms with E-state index in [1.54, 1.807) is 12.1 Å². The second-order valence-electron chi connectivity index (χ2n) is 7.49. The summed E-state index contributed by atoms with van der Waals surface area (Å²) < 4.78 is 32.1. The third-order valence-electron chi connectivity index (χ3n) is 5.49. The van der Waals surface area contributed by atoms with Crippen LogP contribution in [0, 0.1) is 0 Å². The van der Waals surface area contributed by atoms with E-state index >= 15 is 0 Å². The molecule has 2 aromatic carbocycles. The summed E-state index contributed by atoms with van der Waals surface area (Å²) in [6.07, 6.45) is 2.32. The van der Waals surface area contributed by atoms with Gasteiger partial charge in [-0.15, -0.1) is 0 Å². The van der Waals surface area contributed by atoms with Gasteiger partial charge in [-0.25, -0.2) is 13.4 Å². The van der Waals surface area contributed by atoms with Crippen LogP contribution in [0.3, 0.4) is 0 Å². The van der Waals surface area contributed by atoms with E-state index in [-0.39, 0.29) is 10.8 Å². The Bertz CT molecular complexity index is 1010. The molecule has 0 amide bonds. The molecule has 4 rings (SSSR count). The number of nitrogens with one attached hydrogen (secondary N) is 1. The van der Waals surface area contributed by atoms with Crippen molar-refractivity contribution >= 4 is 15.8 Å². The summed E-state index contributed by atoms with van der Waals surface area (Å²) in [5.74, 6) is 0.941. The van der Waals surface area contributed by atoms with E-state index in [1.165, 1.54) is 21.6 Å². The fourth-order valence-electron chi connectivity index (χ4n) is 3.81. The molecular formula is C24H27N3O3S. The molecule has 0 radical (unpaired) electrons. The second-order valence-corrected chi connectivity index (χ2v) is 9.42. The van der Waals surface area contributed by atoms with Gasteiger partial charge in [-0.3, -0.25) is 0 Å². The number of aromatic nitrogens is 1. The van der Waals surface area contributed by atoms with E-state index in [0.717, 1.165) is 13.0 Å². The Hall–Kier alpha value is -2.74. The first-order valence-corrected chi connectivity index (χ1v) is 12.0. The van der Waals surface area contributed by atoms with E-state index in [4.69, 9.17) is 4.74 Å². The fraction of sp³-hybridized carbons (Fsp3) is 0.292. The highest BCUT2D eigenvalue weighted by Crippen LogP contribution is 2.28. The first-order valence-electron chi connectivity index (χ1n) is 10.5. The summed E-state index contributed by atoms with van der Waals surface area (Å²) >= 11 is 0. The third-order valence-corrected chi connectivity index (χ3v) is 7.37. The first-order chi connectivity index (χ1) is 15.1. The molecule has 162 valence electrons. The van der Waals surface area contributed by atoms with E-state index < -0.39 is 10.0 Å². The zero-order chi connectivity index (χ0) is 21.5. The van der Waals surface area contributed by atoms with Crippen molar-refractivity contribution in [1.82, 2.24) is 9.29 Å². The SMILES string of the molecule is O=S(=O)(c1ccc(NCCC(c2ccccc2)c2ccccc2)nc1)N1CCOCC1. The highest BCUT2D eigenvalue weighted by molar-refractivity contribution is 7.89. The normalized spacial score (nSPS) is 15.1. The van der Waals surface area contributed by atoms with Crippen molar-refractivity contribution in [1.29, 1.82) is 0 Å². The Morgan fingerprint density at radius 1 is 0.903 bits per heavy atom. The predicted molar refractivity (Wildman–Crippen MR) is 122 cm³/mol. The lowest BCUT2D eigenvalue weighted by atomic mass is 9.88. The van der Waals surface area contributed by atoms with Gasteiger partial charge in [-0.1, -0.05) is 60.7 Å². The molecule has 1 N–H and O–H groups in total. The molecule has 2 heterocycles. The molecule has 0 atom stereocenters. The van der Waals surface area contributed by atoms with Crippen molar-refractivity contribution in [3.8, 4) is 0 Å². The molecule has 0 unspecified atom stereocenters. The Morgan fingerprint density at radius 3 is 2.06 bits per heavy atom. The number of nitrogens with zero attached hydrogens (tertiary/aromatic N) is 2. The van der Waals surface area contributed by atoms with E-state index in [9.17, 15) is 8.42 Å². The summed E-state index contributed by atoms with van der Waals surface area (Å²) in [5.41, 5.74) is 2.55. The van der Waals surface area contributed by atoms with Crippen molar-refractivity contribution in [2.24, 2.45) is 0 Å². The Morgan fingerprint density at radius 2 is 1.52 bits per heavy atom. The maximum Gasteiger partial charge on any atom is 0.244 e. The standard InChI is InChI=1S/C24H27N3O3S/c28-31(29,27-15-17-30-18-16-27)22-11-12-24(26-19-22)25-14-13-23(20-7-3-1-4-8-20)21-9-5-2-6-10-21/h1-12,19,23H,13-18H2,(H,25,26). The monoisotopic (exact) mass is 437 g/mol. The van der Waals surface area contributed by atoms with Crippen LogP contribution in [0.2, 0.25) is 0 Å². The van der Waals surface area contributed by atoms with Crippen LogP contribution in [0.25, 0.3) is 0 Å². The van der Waals surface area contributed by atoms with Crippen LogP contribution in [0.5, 0.6) is 0 Å². The van der Waals surface area contributed by atoms with Crippen LogP contribution in [-0.4, -0.2) is 50.6 Å². The summed E-state index contributed by atoms with van der Waals surface area (Å²) in [7, 11) is -3.52.